The Bertz CT molecular complexity index is 1170. The Balaban J connectivity index is 1.40. The Morgan fingerprint density at radius 2 is 1.44 bits per heavy atom. The molecule has 1 fully saturated rings. The van der Waals surface area contributed by atoms with E-state index in [0.29, 0.717) is 10.9 Å². The second kappa shape index (κ2) is 11.1. The molecule has 0 aromatic heterocycles. The standard InChI is InChI=1S/C29H30F6O/c1-2-18-3-5-19(6-4-18)7-8-20-10-14-24-23(15-20)13-12-22(27(24)32)11-9-21-16-25(30)28(26(31)17-21)36-29(33,34)35/h10,12-19H,2-9,11H2,1H3. The van der Waals surface area contributed by atoms with E-state index in [1.165, 1.54) is 37.7 Å². The van der Waals surface area contributed by atoms with Crippen LogP contribution in [0.1, 0.15) is 62.1 Å². The number of halogens is 6. The lowest BCUT2D eigenvalue weighted by Crippen LogP contribution is -2.19. The lowest BCUT2D eigenvalue weighted by Gasteiger charge is -2.27. The van der Waals surface area contributed by atoms with E-state index in [1.54, 1.807) is 12.1 Å². The molecule has 0 radical (unpaired) electrons. The number of benzene rings is 3. The van der Waals surface area contributed by atoms with Gasteiger partial charge in [0.1, 0.15) is 5.82 Å². The zero-order chi connectivity index (χ0) is 25.9. The average molecular weight is 509 g/mol. The van der Waals surface area contributed by atoms with E-state index in [-0.39, 0.29) is 18.4 Å². The smallest absolute Gasteiger partial charge is 0.399 e. The molecule has 0 N–H and O–H groups in total. The molecular formula is C29H30F6O. The van der Waals surface area contributed by atoms with E-state index in [1.807, 2.05) is 18.2 Å². The van der Waals surface area contributed by atoms with Crippen molar-refractivity contribution in [1.82, 2.24) is 0 Å². The number of alkyl halides is 3. The number of hydrogen-bond donors (Lipinski definition) is 0. The van der Waals surface area contributed by atoms with Gasteiger partial charge in [0.15, 0.2) is 11.6 Å². The molecule has 0 bridgehead atoms. The number of hydrogen-bond acceptors (Lipinski definition) is 1. The summed E-state index contributed by atoms with van der Waals surface area (Å²) < 4.78 is 83.5. The van der Waals surface area contributed by atoms with E-state index in [0.717, 1.165) is 42.2 Å². The maximum absolute atomic E-state index is 15.2. The van der Waals surface area contributed by atoms with Crippen molar-refractivity contribution in [2.45, 2.75) is 71.1 Å². The van der Waals surface area contributed by atoms with E-state index in [2.05, 4.69) is 11.7 Å². The highest BCUT2D eigenvalue weighted by molar-refractivity contribution is 5.84. The fourth-order valence-corrected chi connectivity index (χ4v) is 5.28. The molecule has 36 heavy (non-hydrogen) atoms. The Morgan fingerprint density at radius 1 is 0.778 bits per heavy atom. The van der Waals surface area contributed by atoms with Crippen molar-refractivity contribution < 1.29 is 31.1 Å². The molecule has 0 aliphatic heterocycles. The average Bonchev–Trinajstić information content (AvgIpc) is 2.84. The number of aryl methyl sites for hydroxylation is 3. The van der Waals surface area contributed by atoms with Gasteiger partial charge in [0.05, 0.1) is 0 Å². The van der Waals surface area contributed by atoms with Gasteiger partial charge in [-0.15, -0.1) is 13.2 Å². The number of ether oxygens (including phenoxy) is 1. The highest BCUT2D eigenvalue weighted by Gasteiger charge is 2.34. The molecule has 7 heteroatoms. The van der Waals surface area contributed by atoms with Crippen LogP contribution in [0, 0.1) is 29.3 Å². The molecule has 1 saturated carbocycles. The van der Waals surface area contributed by atoms with Crippen LogP contribution < -0.4 is 4.74 Å². The summed E-state index contributed by atoms with van der Waals surface area (Å²) in [6.07, 6.45) is 3.58. The zero-order valence-corrected chi connectivity index (χ0v) is 20.2. The maximum atomic E-state index is 15.2. The third-order valence-corrected chi connectivity index (χ3v) is 7.44. The monoisotopic (exact) mass is 508 g/mol. The van der Waals surface area contributed by atoms with Crippen molar-refractivity contribution in [3.63, 3.8) is 0 Å². The highest BCUT2D eigenvalue weighted by atomic mass is 19.4. The topological polar surface area (TPSA) is 9.23 Å². The van der Waals surface area contributed by atoms with Crippen LogP contribution in [0.25, 0.3) is 10.8 Å². The first-order chi connectivity index (χ1) is 17.1. The molecule has 0 saturated heterocycles. The van der Waals surface area contributed by atoms with Crippen LogP contribution >= 0.6 is 0 Å². The van der Waals surface area contributed by atoms with Gasteiger partial charge in [-0.3, -0.25) is 0 Å². The minimum absolute atomic E-state index is 0.0565. The fraction of sp³-hybridized carbons (Fsp3) is 0.448. The second-order valence-electron chi connectivity index (χ2n) is 9.86. The Kier molecular flexibility index (Phi) is 8.16. The van der Waals surface area contributed by atoms with Crippen LogP contribution in [-0.2, 0) is 19.3 Å². The SMILES string of the molecule is CCC1CCC(CCc2ccc3c(F)c(CCc4cc(F)c(OC(F)(F)F)c(F)c4)ccc3c2)CC1. The molecule has 1 aliphatic rings. The molecule has 3 aromatic carbocycles. The third kappa shape index (κ3) is 6.54. The molecule has 1 nitrogen and oxygen atoms in total. The van der Waals surface area contributed by atoms with Crippen molar-refractivity contribution in [2.75, 3.05) is 0 Å². The van der Waals surface area contributed by atoms with Crippen LogP contribution in [0.5, 0.6) is 5.75 Å². The summed E-state index contributed by atoms with van der Waals surface area (Å²) in [7, 11) is 0. The predicted octanol–water partition coefficient (Wildman–Crippen LogP) is 9.09. The summed E-state index contributed by atoms with van der Waals surface area (Å²) in [5.41, 5.74) is 1.67. The van der Waals surface area contributed by atoms with E-state index in [9.17, 15) is 22.0 Å². The third-order valence-electron chi connectivity index (χ3n) is 7.44. The predicted molar refractivity (Wildman–Crippen MR) is 128 cm³/mol. The van der Waals surface area contributed by atoms with Crippen LogP contribution in [0.3, 0.4) is 0 Å². The first-order valence-electron chi connectivity index (χ1n) is 12.6. The van der Waals surface area contributed by atoms with Gasteiger partial charge in [-0.1, -0.05) is 69.4 Å². The summed E-state index contributed by atoms with van der Waals surface area (Å²) in [4.78, 5) is 0. The normalized spacial score (nSPS) is 18.5. The van der Waals surface area contributed by atoms with Crippen LogP contribution in [0.4, 0.5) is 26.3 Å². The van der Waals surface area contributed by atoms with E-state index in [4.69, 9.17) is 0 Å². The van der Waals surface area contributed by atoms with Crippen molar-refractivity contribution in [2.24, 2.45) is 11.8 Å². The fourth-order valence-electron chi connectivity index (χ4n) is 5.28. The van der Waals surface area contributed by atoms with Gasteiger partial charge in [0, 0.05) is 5.39 Å². The Labute approximate surface area is 207 Å². The molecule has 3 aromatic rings. The molecule has 0 unspecified atom stereocenters. The van der Waals surface area contributed by atoms with E-state index >= 15 is 4.39 Å². The van der Waals surface area contributed by atoms with Crippen LogP contribution in [0.2, 0.25) is 0 Å². The lowest BCUT2D eigenvalue weighted by molar-refractivity contribution is -0.276. The van der Waals surface area contributed by atoms with Crippen LogP contribution in [0.15, 0.2) is 42.5 Å². The Hall–Kier alpha value is -2.70. The lowest BCUT2D eigenvalue weighted by atomic mass is 9.78. The summed E-state index contributed by atoms with van der Waals surface area (Å²) >= 11 is 0. The van der Waals surface area contributed by atoms with Gasteiger partial charge in [-0.2, -0.15) is 0 Å². The molecule has 4 rings (SSSR count). The van der Waals surface area contributed by atoms with Crippen LogP contribution in [-0.4, -0.2) is 6.36 Å². The summed E-state index contributed by atoms with van der Waals surface area (Å²) in [5.74, 6) is -3.16. The molecule has 194 valence electrons. The molecule has 1 aliphatic carbocycles. The summed E-state index contributed by atoms with van der Waals surface area (Å²) in [5, 5.41) is 1.28. The minimum atomic E-state index is -5.20. The maximum Gasteiger partial charge on any atom is 0.573 e. The van der Waals surface area contributed by atoms with Gasteiger partial charge in [0.2, 0.25) is 5.75 Å². The van der Waals surface area contributed by atoms with Crippen molar-refractivity contribution >= 4 is 10.8 Å². The molecule has 0 spiro atoms. The molecule has 0 amide bonds. The zero-order valence-electron chi connectivity index (χ0n) is 20.2. The van der Waals surface area contributed by atoms with Gasteiger partial charge >= 0.3 is 6.36 Å². The van der Waals surface area contributed by atoms with E-state index < -0.39 is 29.6 Å². The summed E-state index contributed by atoms with van der Waals surface area (Å²) in [6, 6.07) is 10.8. The van der Waals surface area contributed by atoms with Crippen molar-refractivity contribution in [3.8, 4) is 5.75 Å². The molecule has 0 heterocycles. The Morgan fingerprint density at radius 3 is 2.08 bits per heavy atom. The largest absolute Gasteiger partial charge is 0.573 e. The number of fused-ring (bicyclic) bond motifs is 1. The van der Waals surface area contributed by atoms with Gasteiger partial charge in [0.25, 0.3) is 0 Å². The highest BCUT2D eigenvalue weighted by Crippen LogP contribution is 2.34. The first-order valence-corrected chi connectivity index (χ1v) is 12.6. The molecule has 0 atom stereocenters. The van der Waals surface area contributed by atoms with Crippen molar-refractivity contribution in [3.05, 3.63) is 76.6 Å². The first kappa shape index (κ1) is 26.4. The van der Waals surface area contributed by atoms with Gasteiger partial charge in [-0.25, -0.2) is 13.2 Å². The van der Waals surface area contributed by atoms with Gasteiger partial charge in [-0.05, 0) is 71.7 Å². The second-order valence-corrected chi connectivity index (χ2v) is 9.86. The molecular weight excluding hydrogens is 478 g/mol. The minimum Gasteiger partial charge on any atom is -0.399 e. The quantitative estimate of drug-likeness (QED) is 0.276. The van der Waals surface area contributed by atoms with Crippen molar-refractivity contribution in [1.29, 1.82) is 0 Å². The summed E-state index contributed by atoms with van der Waals surface area (Å²) in [6.45, 7) is 2.26. The number of rotatable bonds is 8. The van der Waals surface area contributed by atoms with Gasteiger partial charge < -0.3 is 4.74 Å².